The molecule has 0 spiro atoms. The molecule has 3 aromatic carbocycles. The van der Waals surface area contributed by atoms with E-state index in [0.29, 0.717) is 38.2 Å². The largest absolute Gasteiger partial charge is 0.467 e. The van der Waals surface area contributed by atoms with E-state index in [1.54, 1.807) is 23.3 Å². The van der Waals surface area contributed by atoms with Gasteiger partial charge in [0.2, 0.25) is 0 Å². The first-order chi connectivity index (χ1) is 17.8. The zero-order valence-corrected chi connectivity index (χ0v) is 20.9. The summed E-state index contributed by atoms with van der Waals surface area (Å²) in [5, 5.41) is 5.00. The average molecular weight is 518 g/mol. The molecule has 1 aliphatic rings. The van der Waals surface area contributed by atoms with Crippen LogP contribution >= 0.6 is 0 Å². The normalized spacial score (nSPS) is 13.2. The fourth-order valence-corrected chi connectivity index (χ4v) is 4.92. The molecule has 37 heavy (non-hydrogen) atoms. The van der Waals surface area contributed by atoms with Crippen LogP contribution in [0.5, 0.6) is 5.75 Å². The lowest BCUT2D eigenvalue weighted by Crippen LogP contribution is -2.36. The molecule has 2 heterocycles. The topological polar surface area (TPSA) is 106 Å². The minimum Gasteiger partial charge on any atom is -0.467 e. The Morgan fingerprint density at radius 3 is 2.54 bits per heavy atom. The first kappa shape index (κ1) is 24.6. The van der Waals surface area contributed by atoms with Gasteiger partial charge >= 0.3 is 10.3 Å². The molecule has 0 radical (unpaired) electrons. The number of rotatable bonds is 8. The lowest BCUT2D eigenvalue weighted by Gasteiger charge is -2.30. The van der Waals surface area contributed by atoms with Crippen molar-refractivity contribution in [2.45, 2.75) is 26.1 Å². The summed E-state index contributed by atoms with van der Waals surface area (Å²) < 4.78 is 33.0. The number of amides is 1. The number of carbonyl (C=O) groups is 1. The molecule has 2 N–H and O–H groups in total. The molecule has 8 nitrogen and oxygen atoms in total. The van der Waals surface area contributed by atoms with Gasteiger partial charge in [-0.2, -0.15) is 13.6 Å². The second-order valence-electron chi connectivity index (χ2n) is 8.95. The molecule has 1 amide bonds. The van der Waals surface area contributed by atoms with Crippen LogP contribution in [0.15, 0.2) is 95.6 Å². The third-order valence-electron chi connectivity index (χ3n) is 6.29. The zero-order chi connectivity index (χ0) is 25.8. The summed E-state index contributed by atoms with van der Waals surface area (Å²) in [6.45, 7) is 2.12. The monoisotopic (exact) mass is 517 g/mol. The van der Waals surface area contributed by atoms with E-state index in [2.05, 4.69) is 17.0 Å². The number of nitrogens with two attached hydrogens (primary N) is 1. The maximum Gasteiger partial charge on any atom is 0.380 e. The van der Waals surface area contributed by atoms with E-state index < -0.39 is 10.3 Å². The second kappa shape index (κ2) is 10.5. The summed E-state index contributed by atoms with van der Waals surface area (Å²) in [6.07, 6.45) is 2.32. The van der Waals surface area contributed by atoms with Gasteiger partial charge in [0.25, 0.3) is 5.91 Å². The average Bonchev–Trinajstić information content (AvgIpc) is 3.40. The molecule has 0 aliphatic carbocycles. The van der Waals surface area contributed by atoms with Crippen molar-refractivity contribution in [1.29, 1.82) is 0 Å². The van der Waals surface area contributed by atoms with Crippen LogP contribution in [0.25, 0.3) is 0 Å². The Morgan fingerprint density at radius 1 is 0.946 bits per heavy atom. The minimum absolute atomic E-state index is 0.0945. The molecule has 0 bridgehead atoms. The highest BCUT2D eigenvalue weighted by atomic mass is 32.2. The third-order valence-corrected chi connectivity index (χ3v) is 6.72. The molecule has 0 atom stereocenters. The maximum absolute atomic E-state index is 13.5. The highest BCUT2D eigenvalue weighted by molar-refractivity contribution is 7.84. The van der Waals surface area contributed by atoms with E-state index in [9.17, 15) is 13.2 Å². The molecule has 1 aliphatic heterocycles. The summed E-state index contributed by atoms with van der Waals surface area (Å²) in [5.41, 5.74) is 4.52. The molecule has 0 saturated heterocycles. The van der Waals surface area contributed by atoms with Crippen LogP contribution in [-0.4, -0.2) is 25.8 Å². The number of nitrogens with zero attached hydrogens (tertiary/aromatic N) is 2. The van der Waals surface area contributed by atoms with E-state index in [4.69, 9.17) is 13.7 Å². The molecule has 4 aromatic rings. The molecule has 1 aromatic heterocycles. The maximum atomic E-state index is 13.5. The van der Waals surface area contributed by atoms with E-state index >= 15 is 0 Å². The Kier molecular flexibility index (Phi) is 6.98. The van der Waals surface area contributed by atoms with Crippen LogP contribution < -0.4 is 14.2 Å². The SMILES string of the molecule is NS(=O)(=O)Oc1ccc2c(c1)CN(C(=O)c1cccc(N(Cc3ccccc3)Cc3ccco3)c1)CC2. The third kappa shape index (κ3) is 6.19. The number of fused-ring (bicyclic) bond motifs is 1. The standard InChI is InChI=1S/C28H27N3O5S/c29-37(33,34)36-26-12-11-22-13-14-30(19-24(22)17-26)28(32)23-8-4-9-25(16-23)31(20-27-10-5-15-35-27)18-21-6-2-1-3-7-21/h1-12,15-17H,13-14,18-20H2,(H2,29,33,34). The van der Waals surface area contributed by atoms with E-state index in [0.717, 1.165) is 28.1 Å². The molecule has 5 rings (SSSR count). The van der Waals surface area contributed by atoms with Gasteiger partial charge in [0, 0.05) is 30.9 Å². The minimum atomic E-state index is -4.12. The fraction of sp³-hybridized carbons (Fsp3) is 0.179. The second-order valence-corrected chi connectivity index (χ2v) is 10.1. The van der Waals surface area contributed by atoms with Crippen LogP contribution in [-0.2, 0) is 36.4 Å². The summed E-state index contributed by atoms with van der Waals surface area (Å²) in [5.74, 6) is 0.868. The predicted octanol–water partition coefficient (Wildman–Crippen LogP) is 4.27. The number of benzene rings is 3. The summed E-state index contributed by atoms with van der Waals surface area (Å²) in [4.78, 5) is 17.4. The molecular formula is C28H27N3O5S. The summed E-state index contributed by atoms with van der Waals surface area (Å²) in [6, 6.07) is 26.6. The van der Waals surface area contributed by atoms with Gasteiger partial charge in [-0.15, -0.1) is 0 Å². The van der Waals surface area contributed by atoms with Crippen LogP contribution in [0.4, 0.5) is 5.69 Å². The van der Waals surface area contributed by atoms with Crippen LogP contribution in [0, 0.1) is 0 Å². The van der Waals surface area contributed by atoms with Gasteiger partial charge in [0.05, 0.1) is 12.8 Å². The van der Waals surface area contributed by atoms with Crippen molar-refractivity contribution < 1.29 is 21.8 Å². The van der Waals surface area contributed by atoms with Crippen molar-refractivity contribution in [2.24, 2.45) is 5.14 Å². The van der Waals surface area contributed by atoms with Crippen molar-refractivity contribution in [3.63, 3.8) is 0 Å². The van der Waals surface area contributed by atoms with Gasteiger partial charge < -0.3 is 18.4 Å². The highest BCUT2D eigenvalue weighted by Crippen LogP contribution is 2.27. The number of furan rings is 1. The quantitative estimate of drug-likeness (QED) is 0.374. The van der Waals surface area contributed by atoms with Crippen molar-refractivity contribution >= 4 is 21.9 Å². The van der Waals surface area contributed by atoms with E-state index in [1.807, 2.05) is 60.7 Å². The van der Waals surface area contributed by atoms with Gasteiger partial charge in [0.1, 0.15) is 11.5 Å². The van der Waals surface area contributed by atoms with Crippen LogP contribution in [0.2, 0.25) is 0 Å². The summed E-state index contributed by atoms with van der Waals surface area (Å²) >= 11 is 0. The van der Waals surface area contributed by atoms with Crippen LogP contribution in [0.1, 0.15) is 32.8 Å². The first-order valence-electron chi connectivity index (χ1n) is 11.9. The van der Waals surface area contributed by atoms with Crippen molar-refractivity contribution in [2.75, 3.05) is 11.4 Å². The van der Waals surface area contributed by atoms with Crippen molar-refractivity contribution in [3.8, 4) is 5.75 Å². The molecular weight excluding hydrogens is 490 g/mol. The Labute approximate surface area is 216 Å². The highest BCUT2D eigenvalue weighted by Gasteiger charge is 2.23. The molecule has 0 saturated carbocycles. The fourth-order valence-electron chi connectivity index (χ4n) is 4.54. The molecule has 9 heteroatoms. The smallest absolute Gasteiger partial charge is 0.380 e. The van der Waals surface area contributed by atoms with Crippen molar-refractivity contribution in [3.05, 3.63) is 119 Å². The lowest BCUT2D eigenvalue weighted by atomic mass is 9.98. The van der Waals surface area contributed by atoms with Gasteiger partial charge in [-0.3, -0.25) is 4.79 Å². The molecule has 0 fully saturated rings. The Hall–Kier alpha value is -4.08. The van der Waals surface area contributed by atoms with E-state index in [1.165, 1.54) is 0 Å². The molecule has 0 unspecified atom stereocenters. The number of hydrogen-bond donors (Lipinski definition) is 1. The van der Waals surface area contributed by atoms with Crippen molar-refractivity contribution in [1.82, 2.24) is 4.90 Å². The summed E-state index contributed by atoms with van der Waals surface area (Å²) in [7, 11) is -4.12. The Bertz CT molecular complexity index is 1490. The zero-order valence-electron chi connectivity index (χ0n) is 20.1. The van der Waals surface area contributed by atoms with Gasteiger partial charge in [-0.1, -0.05) is 42.5 Å². The van der Waals surface area contributed by atoms with Gasteiger partial charge in [-0.25, -0.2) is 0 Å². The lowest BCUT2D eigenvalue weighted by molar-refractivity contribution is 0.0734. The number of hydrogen-bond acceptors (Lipinski definition) is 6. The predicted molar refractivity (Wildman–Crippen MR) is 140 cm³/mol. The van der Waals surface area contributed by atoms with Crippen LogP contribution in [0.3, 0.4) is 0 Å². The number of anilines is 1. The Morgan fingerprint density at radius 2 is 1.78 bits per heavy atom. The van der Waals surface area contributed by atoms with Gasteiger partial charge in [-0.05, 0) is 65.6 Å². The molecule has 190 valence electrons. The van der Waals surface area contributed by atoms with E-state index in [-0.39, 0.29) is 11.7 Å². The Balaban J connectivity index is 1.37. The first-order valence-corrected chi connectivity index (χ1v) is 13.4. The number of carbonyl (C=O) groups excluding carboxylic acids is 1. The van der Waals surface area contributed by atoms with Gasteiger partial charge in [0.15, 0.2) is 0 Å².